The Labute approximate surface area is 104 Å². The largest absolute Gasteiger partial charge is 0.508 e. The number of nitrogens with zero attached hydrogens (tertiary/aromatic N) is 2. The van der Waals surface area contributed by atoms with Crippen LogP contribution in [0.15, 0.2) is 35.4 Å². The second-order valence-corrected chi connectivity index (χ2v) is 5.36. The van der Waals surface area contributed by atoms with Gasteiger partial charge in [0, 0.05) is 19.3 Å². The van der Waals surface area contributed by atoms with E-state index in [1.807, 2.05) is 0 Å². The van der Waals surface area contributed by atoms with Crippen LogP contribution in [0.1, 0.15) is 0 Å². The first-order valence-electron chi connectivity index (χ1n) is 4.99. The monoisotopic (exact) mass is 268 g/mol. The average molecular weight is 268 g/mol. The lowest BCUT2D eigenvalue weighted by Gasteiger charge is -2.06. The Morgan fingerprint density at radius 3 is 2.72 bits per heavy atom. The molecule has 0 spiro atoms. The zero-order valence-corrected chi connectivity index (χ0v) is 10.3. The molecule has 18 heavy (non-hydrogen) atoms. The standard InChI is InChI=1S/C10H12N4O3S/c1-14-6-9(10(11)12-14)18(16,17)13-7-3-2-4-8(15)5-7/h2-6,13,15H,1H3,(H2,11,12). The van der Waals surface area contributed by atoms with Gasteiger partial charge in [0.05, 0.1) is 5.69 Å². The Hall–Kier alpha value is -2.22. The fraction of sp³-hybridized carbons (Fsp3) is 0.100. The Bertz CT molecular complexity index is 678. The summed E-state index contributed by atoms with van der Waals surface area (Å²) in [6.07, 6.45) is 1.31. The third kappa shape index (κ3) is 2.38. The smallest absolute Gasteiger partial charge is 0.267 e. The molecule has 2 rings (SSSR count). The predicted octanol–water partition coefficient (Wildman–Crippen LogP) is 0.509. The number of nitrogens with one attached hydrogen (secondary N) is 1. The molecular weight excluding hydrogens is 256 g/mol. The van der Waals surface area contributed by atoms with Crippen molar-refractivity contribution in [3.05, 3.63) is 30.5 Å². The maximum absolute atomic E-state index is 12.0. The summed E-state index contributed by atoms with van der Waals surface area (Å²) in [5.41, 5.74) is 5.76. The van der Waals surface area contributed by atoms with Gasteiger partial charge in [-0.1, -0.05) is 6.07 Å². The molecule has 2 aromatic rings. The molecule has 0 aliphatic rings. The summed E-state index contributed by atoms with van der Waals surface area (Å²) in [4.78, 5) is -0.103. The summed E-state index contributed by atoms with van der Waals surface area (Å²) in [7, 11) is -2.24. The number of benzene rings is 1. The van der Waals surface area contributed by atoms with Gasteiger partial charge in [-0.25, -0.2) is 8.42 Å². The molecule has 0 saturated carbocycles. The zero-order chi connectivity index (χ0) is 13.3. The molecule has 0 radical (unpaired) electrons. The second-order valence-electron chi connectivity index (χ2n) is 3.71. The van der Waals surface area contributed by atoms with Crippen molar-refractivity contribution < 1.29 is 13.5 Å². The highest BCUT2D eigenvalue weighted by Gasteiger charge is 2.20. The number of anilines is 2. The van der Waals surface area contributed by atoms with Gasteiger partial charge < -0.3 is 10.8 Å². The fourth-order valence-electron chi connectivity index (χ4n) is 1.47. The molecule has 0 aliphatic carbocycles. The van der Waals surface area contributed by atoms with Gasteiger partial charge in [0.1, 0.15) is 10.6 Å². The summed E-state index contributed by atoms with van der Waals surface area (Å²) in [5, 5.41) is 13.0. The van der Waals surface area contributed by atoms with Crippen LogP contribution in [-0.2, 0) is 17.1 Å². The van der Waals surface area contributed by atoms with Gasteiger partial charge in [0.2, 0.25) is 0 Å². The van der Waals surface area contributed by atoms with E-state index < -0.39 is 10.0 Å². The minimum absolute atomic E-state index is 0.0330. The van der Waals surface area contributed by atoms with Crippen LogP contribution in [0.25, 0.3) is 0 Å². The highest BCUT2D eigenvalue weighted by atomic mass is 32.2. The predicted molar refractivity (Wildman–Crippen MR) is 66.5 cm³/mol. The third-order valence-corrected chi connectivity index (χ3v) is 3.61. The highest BCUT2D eigenvalue weighted by molar-refractivity contribution is 7.92. The van der Waals surface area contributed by atoms with Crippen molar-refractivity contribution in [2.24, 2.45) is 7.05 Å². The molecule has 0 amide bonds. The van der Waals surface area contributed by atoms with E-state index in [1.165, 1.54) is 35.1 Å². The Morgan fingerprint density at radius 1 is 1.44 bits per heavy atom. The molecule has 1 aromatic carbocycles. The van der Waals surface area contributed by atoms with Gasteiger partial charge in [0.15, 0.2) is 5.82 Å². The number of phenols is 1. The molecule has 0 aliphatic heterocycles. The molecule has 4 N–H and O–H groups in total. The van der Waals surface area contributed by atoms with E-state index in [4.69, 9.17) is 5.73 Å². The SMILES string of the molecule is Cn1cc(S(=O)(=O)Nc2cccc(O)c2)c(N)n1. The van der Waals surface area contributed by atoms with Crippen LogP contribution in [0, 0.1) is 0 Å². The van der Waals surface area contributed by atoms with Gasteiger partial charge in [-0.15, -0.1) is 0 Å². The Balaban J connectivity index is 2.36. The fourth-order valence-corrected chi connectivity index (χ4v) is 2.63. The van der Waals surface area contributed by atoms with Crippen molar-refractivity contribution >= 4 is 21.5 Å². The maximum atomic E-state index is 12.0. The molecule has 0 saturated heterocycles. The van der Waals surface area contributed by atoms with E-state index in [-0.39, 0.29) is 22.2 Å². The van der Waals surface area contributed by atoms with Crippen LogP contribution in [0.3, 0.4) is 0 Å². The van der Waals surface area contributed by atoms with Gasteiger partial charge in [-0.05, 0) is 12.1 Å². The van der Waals surface area contributed by atoms with E-state index in [9.17, 15) is 13.5 Å². The van der Waals surface area contributed by atoms with E-state index in [0.29, 0.717) is 0 Å². The number of rotatable bonds is 3. The Kier molecular flexibility index (Phi) is 2.87. The number of phenolic OH excluding ortho intramolecular Hbond substituents is 1. The summed E-state index contributed by atoms with van der Waals surface area (Å²) < 4.78 is 27.7. The number of aromatic nitrogens is 2. The quantitative estimate of drug-likeness (QED) is 0.751. The molecule has 7 nitrogen and oxygen atoms in total. The molecule has 1 aromatic heterocycles. The summed E-state index contributed by atoms with van der Waals surface area (Å²) in [5.74, 6) is -0.112. The van der Waals surface area contributed by atoms with Crippen molar-refractivity contribution in [3.8, 4) is 5.75 Å². The second kappa shape index (κ2) is 4.22. The van der Waals surface area contributed by atoms with Crippen LogP contribution in [0.5, 0.6) is 5.75 Å². The number of nitrogens with two attached hydrogens (primary N) is 1. The first-order valence-corrected chi connectivity index (χ1v) is 6.48. The molecule has 0 fully saturated rings. The van der Waals surface area contributed by atoms with E-state index in [1.54, 1.807) is 7.05 Å². The van der Waals surface area contributed by atoms with Gasteiger partial charge in [-0.3, -0.25) is 9.40 Å². The van der Waals surface area contributed by atoms with Gasteiger partial charge >= 0.3 is 0 Å². The topological polar surface area (TPSA) is 110 Å². The molecule has 0 bridgehead atoms. The lowest BCUT2D eigenvalue weighted by Crippen LogP contribution is -2.13. The lowest BCUT2D eigenvalue weighted by atomic mass is 10.3. The lowest BCUT2D eigenvalue weighted by molar-refractivity contribution is 0.475. The number of sulfonamides is 1. The number of hydrogen-bond donors (Lipinski definition) is 3. The minimum Gasteiger partial charge on any atom is -0.508 e. The van der Waals surface area contributed by atoms with Crippen molar-refractivity contribution in [3.63, 3.8) is 0 Å². The molecule has 8 heteroatoms. The first kappa shape index (κ1) is 12.2. The summed E-state index contributed by atoms with van der Waals surface area (Å²) >= 11 is 0. The van der Waals surface area contributed by atoms with E-state index in [0.717, 1.165) is 0 Å². The minimum atomic E-state index is -3.81. The molecule has 0 atom stereocenters. The van der Waals surface area contributed by atoms with Crippen molar-refractivity contribution in [1.82, 2.24) is 9.78 Å². The number of nitrogen functional groups attached to an aromatic ring is 1. The average Bonchev–Trinajstić information content (AvgIpc) is 2.58. The summed E-state index contributed by atoms with van der Waals surface area (Å²) in [6.45, 7) is 0. The number of aromatic hydroxyl groups is 1. The van der Waals surface area contributed by atoms with Crippen molar-refractivity contribution in [2.45, 2.75) is 4.90 Å². The zero-order valence-electron chi connectivity index (χ0n) is 9.53. The van der Waals surface area contributed by atoms with Crippen LogP contribution < -0.4 is 10.5 Å². The highest BCUT2D eigenvalue weighted by Crippen LogP contribution is 2.22. The number of aryl methyl sites for hydroxylation is 1. The van der Waals surface area contributed by atoms with Crippen LogP contribution in [-0.4, -0.2) is 23.3 Å². The van der Waals surface area contributed by atoms with E-state index >= 15 is 0 Å². The van der Waals surface area contributed by atoms with E-state index in [2.05, 4.69) is 9.82 Å². The molecule has 0 unspecified atom stereocenters. The van der Waals surface area contributed by atoms with Crippen molar-refractivity contribution in [1.29, 1.82) is 0 Å². The molecule has 1 heterocycles. The molecular formula is C10H12N4O3S. The Morgan fingerprint density at radius 2 is 2.17 bits per heavy atom. The first-order chi connectivity index (χ1) is 8.38. The van der Waals surface area contributed by atoms with Gasteiger partial charge in [0.25, 0.3) is 10.0 Å². The molecule has 96 valence electrons. The third-order valence-electron chi connectivity index (χ3n) is 2.21. The number of hydrogen-bond acceptors (Lipinski definition) is 5. The van der Waals surface area contributed by atoms with Crippen LogP contribution in [0.4, 0.5) is 11.5 Å². The van der Waals surface area contributed by atoms with Gasteiger partial charge in [-0.2, -0.15) is 5.10 Å². The summed E-state index contributed by atoms with van der Waals surface area (Å²) in [6, 6.07) is 5.78. The van der Waals surface area contributed by atoms with Crippen LogP contribution >= 0.6 is 0 Å². The normalized spacial score (nSPS) is 11.4. The van der Waals surface area contributed by atoms with Crippen LogP contribution in [0.2, 0.25) is 0 Å². The van der Waals surface area contributed by atoms with Crippen molar-refractivity contribution in [2.75, 3.05) is 10.5 Å². The maximum Gasteiger partial charge on any atom is 0.267 e.